The van der Waals surface area contributed by atoms with Crippen LogP contribution in [0.1, 0.15) is 6.92 Å². The Morgan fingerprint density at radius 1 is 1.16 bits per heavy atom. The molecule has 3 aromatic rings. The van der Waals surface area contributed by atoms with Gasteiger partial charge in [0.15, 0.2) is 5.82 Å². The number of nitrogens with zero attached hydrogens (tertiary/aromatic N) is 3. The maximum Gasteiger partial charge on any atom is 0.237 e. The first kappa shape index (κ1) is 17.7. The molecule has 5 nitrogen and oxygen atoms in total. The van der Waals surface area contributed by atoms with Gasteiger partial charge in [0.1, 0.15) is 0 Å². The summed E-state index contributed by atoms with van der Waals surface area (Å²) < 4.78 is 1.01. The predicted octanol–water partition coefficient (Wildman–Crippen LogP) is 4.38. The molecule has 25 heavy (non-hydrogen) atoms. The molecule has 1 amide bonds. The maximum absolute atomic E-state index is 12.5. The lowest BCUT2D eigenvalue weighted by Crippen LogP contribution is -2.32. The number of halogens is 1. The van der Waals surface area contributed by atoms with E-state index in [-0.39, 0.29) is 5.91 Å². The Morgan fingerprint density at radius 3 is 2.56 bits per heavy atom. The standard InChI is InChI=1S/C18H17BrN4OS/c1-2-23(15-6-4-3-5-7-15)16(24)12-25-18-20-17(21-22-18)13-8-10-14(19)11-9-13/h3-11H,2,12H2,1H3,(H,20,21,22). The number of aromatic nitrogens is 3. The summed E-state index contributed by atoms with van der Waals surface area (Å²) in [7, 11) is 0. The van der Waals surface area contributed by atoms with Crippen LogP contribution >= 0.6 is 27.7 Å². The number of hydrogen-bond donors (Lipinski definition) is 1. The van der Waals surface area contributed by atoms with Gasteiger partial charge in [0, 0.05) is 22.3 Å². The lowest BCUT2D eigenvalue weighted by Gasteiger charge is -2.20. The van der Waals surface area contributed by atoms with Crippen LogP contribution in [0.4, 0.5) is 5.69 Å². The Morgan fingerprint density at radius 2 is 1.88 bits per heavy atom. The van der Waals surface area contributed by atoms with Crippen molar-refractivity contribution in [3.63, 3.8) is 0 Å². The Kier molecular flexibility index (Phi) is 5.88. The van der Waals surface area contributed by atoms with Crippen molar-refractivity contribution in [1.29, 1.82) is 0 Å². The lowest BCUT2D eigenvalue weighted by molar-refractivity contribution is -0.116. The largest absolute Gasteiger partial charge is 0.312 e. The van der Waals surface area contributed by atoms with Gasteiger partial charge in [-0.3, -0.25) is 9.89 Å². The van der Waals surface area contributed by atoms with Crippen molar-refractivity contribution in [3.05, 3.63) is 59.1 Å². The Hall–Kier alpha value is -2.12. The molecule has 3 rings (SSSR count). The van der Waals surface area contributed by atoms with Gasteiger partial charge in [0.25, 0.3) is 0 Å². The Balaban J connectivity index is 1.63. The van der Waals surface area contributed by atoms with E-state index in [1.807, 2.05) is 61.5 Å². The molecule has 0 aliphatic rings. The molecule has 0 unspecified atom stereocenters. The molecule has 0 atom stereocenters. The van der Waals surface area contributed by atoms with Gasteiger partial charge in [0.2, 0.25) is 11.1 Å². The number of carbonyl (C=O) groups excluding carboxylic acids is 1. The van der Waals surface area contributed by atoms with E-state index in [2.05, 4.69) is 31.1 Å². The second-order valence-electron chi connectivity index (χ2n) is 5.24. The highest BCUT2D eigenvalue weighted by Crippen LogP contribution is 2.22. The number of amides is 1. The third-order valence-corrected chi connectivity index (χ3v) is 4.95. The summed E-state index contributed by atoms with van der Waals surface area (Å²) in [6.07, 6.45) is 0. The number of carbonyl (C=O) groups is 1. The molecule has 7 heteroatoms. The van der Waals surface area contributed by atoms with Crippen LogP contribution in [0.2, 0.25) is 0 Å². The average Bonchev–Trinajstić information content (AvgIpc) is 3.11. The van der Waals surface area contributed by atoms with Crippen LogP contribution in [0.3, 0.4) is 0 Å². The molecular formula is C18H17BrN4OS. The first-order valence-corrected chi connectivity index (χ1v) is 9.62. The van der Waals surface area contributed by atoms with Crippen molar-refractivity contribution in [2.45, 2.75) is 12.1 Å². The summed E-state index contributed by atoms with van der Waals surface area (Å²) >= 11 is 4.74. The summed E-state index contributed by atoms with van der Waals surface area (Å²) in [5.41, 5.74) is 1.86. The maximum atomic E-state index is 12.5. The molecule has 2 aromatic carbocycles. The number of benzene rings is 2. The second-order valence-corrected chi connectivity index (χ2v) is 7.09. The molecular weight excluding hydrogens is 400 g/mol. The summed E-state index contributed by atoms with van der Waals surface area (Å²) in [5, 5.41) is 7.67. The van der Waals surface area contributed by atoms with E-state index < -0.39 is 0 Å². The minimum Gasteiger partial charge on any atom is -0.312 e. The van der Waals surface area contributed by atoms with E-state index in [1.165, 1.54) is 11.8 Å². The van der Waals surface area contributed by atoms with E-state index in [0.717, 1.165) is 15.7 Å². The van der Waals surface area contributed by atoms with E-state index in [9.17, 15) is 4.79 Å². The number of hydrogen-bond acceptors (Lipinski definition) is 4. The van der Waals surface area contributed by atoms with Gasteiger partial charge in [-0.25, -0.2) is 4.98 Å². The van der Waals surface area contributed by atoms with Gasteiger partial charge in [-0.2, -0.15) is 0 Å². The topological polar surface area (TPSA) is 61.9 Å². The number of aromatic amines is 1. The Bertz CT molecular complexity index is 836. The van der Waals surface area contributed by atoms with Crippen LogP contribution in [0.15, 0.2) is 64.2 Å². The quantitative estimate of drug-likeness (QED) is 0.605. The zero-order chi connectivity index (χ0) is 17.6. The molecule has 1 heterocycles. The number of H-pyrrole nitrogens is 1. The smallest absolute Gasteiger partial charge is 0.237 e. The highest BCUT2D eigenvalue weighted by Gasteiger charge is 2.15. The van der Waals surface area contributed by atoms with Crippen LogP contribution in [-0.2, 0) is 4.79 Å². The first-order valence-electron chi connectivity index (χ1n) is 7.84. The third kappa shape index (κ3) is 4.49. The fourth-order valence-electron chi connectivity index (χ4n) is 2.36. The number of para-hydroxylation sites is 1. The van der Waals surface area contributed by atoms with Gasteiger partial charge < -0.3 is 4.90 Å². The van der Waals surface area contributed by atoms with E-state index in [0.29, 0.717) is 23.3 Å². The first-order chi connectivity index (χ1) is 12.2. The SMILES string of the molecule is CCN(C(=O)CSc1n[nH]c(-c2ccc(Br)cc2)n1)c1ccccc1. The molecule has 0 spiro atoms. The normalized spacial score (nSPS) is 10.6. The fourth-order valence-corrected chi connectivity index (χ4v) is 3.30. The van der Waals surface area contributed by atoms with Crippen LogP contribution < -0.4 is 4.90 Å². The summed E-state index contributed by atoms with van der Waals surface area (Å²) in [6.45, 7) is 2.59. The van der Waals surface area contributed by atoms with Crippen LogP contribution in [0.25, 0.3) is 11.4 Å². The minimum absolute atomic E-state index is 0.0358. The van der Waals surface area contributed by atoms with Gasteiger partial charge in [-0.05, 0) is 31.2 Å². The van der Waals surface area contributed by atoms with Crippen molar-refractivity contribution >= 4 is 39.3 Å². The molecule has 0 fully saturated rings. The van der Waals surface area contributed by atoms with Gasteiger partial charge in [-0.15, -0.1) is 5.10 Å². The molecule has 1 aromatic heterocycles. The van der Waals surface area contributed by atoms with Crippen LogP contribution in [0, 0.1) is 0 Å². The molecule has 0 saturated carbocycles. The molecule has 1 N–H and O–H groups in total. The highest BCUT2D eigenvalue weighted by molar-refractivity contribution is 9.10. The summed E-state index contributed by atoms with van der Waals surface area (Å²) in [5.74, 6) is 1.02. The predicted molar refractivity (Wildman–Crippen MR) is 105 cm³/mol. The molecule has 0 aliphatic carbocycles. The van der Waals surface area contributed by atoms with Crippen molar-refractivity contribution in [2.75, 3.05) is 17.2 Å². The van der Waals surface area contributed by atoms with E-state index in [4.69, 9.17) is 0 Å². The van der Waals surface area contributed by atoms with Crippen LogP contribution in [0.5, 0.6) is 0 Å². The summed E-state index contributed by atoms with van der Waals surface area (Å²) in [4.78, 5) is 18.7. The number of rotatable bonds is 6. The molecule has 0 bridgehead atoms. The highest BCUT2D eigenvalue weighted by atomic mass is 79.9. The average molecular weight is 417 g/mol. The zero-order valence-electron chi connectivity index (χ0n) is 13.6. The van der Waals surface area contributed by atoms with Gasteiger partial charge >= 0.3 is 0 Å². The molecule has 0 radical (unpaired) electrons. The second kappa shape index (κ2) is 8.31. The van der Waals surface area contributed by atoms with E-state index >= 15 is 0 Å². The molecule has 128 valence electrons. The molecule has 0 saturated heterocycles. The van der Waals surface area contributed by atoms with Crippen molar-refractivity contribution in [3.8, 4) is 11.4 Å². The van der Waals surface area contributed by atoms with Gasteiger partial charge in [-0.1, -0.05) is 58.0 Å². The number of thioether (sulfide) groups is 1. The van der Waals surface area contributed by atoms with Crippen molar-refractivity contribution in [1.82, 2.24) is 15.2 Å². The molecule has 0 aliphatic heterocycles. The Labute approximate surface area is 159 Å². The number of nitrogens with one attached hydrogen (secondary N) is 1. The van der Waals surface area contributed by atoms with E-state index in [1.54, 1.807) is 4.90 Å². The third-order valence-electron chi connectivity index (χ3n) is 3.59. The van der Waals surface area contributed by atoms with Gasteiger partial charge in [0.05, 0.1) is 5.75 Å². The summed E-state index contributed by atoms with van der Waals surface area (Å²) in [6, 6.07) is 17.5. The van der Waals surface area contributed by atoms with Crippen LogP contribution in [-0.4, -0.2) is 33.4 Å². The lowest BCUT2D eigenvalue weighted by atomic mass is 10.2. The fraction of sp³-hybridized carbons (Fsp3) is 0.167. The number of anilines is 1. The van der Waals surface area contributed by atoms with Crippen molar-refractivity contribution in [2.24, 2.45) is 0 Å². The zero-order valence-corrected chi connectivity index (χ0v) is 16.0. The minimum atomic E-state index is 0.0358. The monoisotopic (exact) mass is 416 g/mol. The van der Waals surface area contributed by atoms with Crippen molar-refractivity contribution < 1.29 is 4.79 Å².